The topological polar surface area (TPSA) is 94.0 Å². The number of fused-ring (bicyclic) bond motifs is 1. The Morgan fingerprint density at radius 2 is 1.89 bits per heavy atom. The first-order valence-corrected chi connectivity index (χ1v) is 11.0. The fraction of sp³-hybridized carbons (Fsp3) is 0.0833. The largest absolute Gasteiger partial charge is 0.508 e. The standard InChI is InChI=1S/C24H13Cl2F3N4O3/c25-13-2-1-12(16(26)7-13)10-33-18-4-3-14(34)8-15(18)20(22(33)24(27,28)29)21(35)23-31-9-19(36-23)17-5-6-30-11-32-17/h1-9,11,34H,10H2. The third-order valence-electron chi connectivity index (χ3n) is 5.42. The third kappa shape index (κ3) is 4.29. The molecule has 0 saturated carbocycles. The Kier molecular flexibility index (Phi) is 5.93. The summed E-state index contributed by atoms with van der Waals surface area (Å²) in [6.45, 7) is -0.322. The normalized spacial score (nSPS) is 11.8. The molecule has 0 aliphatic carbocycles. The zero-order valence-electron chi connectivity index (χ0n) is 17.9. The van der Waals surface area contributed by atoms with Crippen LogP contribution in [0.25, 0.3) is 22.4 Å². The molecule has 36 heavy (non-hydrogen) atoms. The molecule has 0 amide bonds. The number of phenolic OH excluding ortho intramolecular Hbond substituents is 1. The second kappa shape index (κ2) is 8.96. The smallest absolute Gasteiger partial charge is 0.432 e. The van der Waals surface area contributed by atoms with Crippen molar-refractivity contribution in [2.24, 2.45) is 0 Å². The summed E-state index contributed by atoms with van der Waals surface area (Å²) in [5.41, 5.74) is -1.25. The van der Waals surface area contributed by atoms with E-state index in [-0.39, 0.29) is 34.0 Å². The average Bonchev–Trinajstić information content (AvgIpc) is 3.44. The number of phenols is 1. The number of carbonyl (C=O) groups is 1. The van der Waals surface area contributed by atoms with E-state index in [1.807, 2.05) is 0 Å². The van der Waals surface area contributed by atoms with Gasteiger partial charge in [0.1, 0.15) is 23.5 Å². The van der Waals surface area contributed by atoms with Gasteiger partial charge in [-0.2, -0.15) is 13.2 Å². The summed E-state index contributed by atoms with van der Waals surface area (Å²) in [5, 5.41) is 10.4. The molecule has 5 aromatic rings. The van der Waals surface area contributed by atoms with Crippen LogP contribution < -0.4 is 0 Å². The molecule has 12 heteroatoms. The van der Waals surface area contributed by atoms with Gasteiger partial charge in [0.25, 0.3) is 11.7 Å². The zero-order chi connectivity index (χ0) is 25.6. The Labute approximate surface area is 210 Å². The van der Waals surface area contributed by atoms with Gasteiger partial charge in [-0.3, -0.25) is 4.79 Å². The third-order valence-corrected chi connectivity index (χ3v) is 6.01. The highest BCUT2D eigenvalue weighted by Crippen LogP contribution is 2.41. The van der Waals surface area contributed by atoms with E-state index in [0.717, 1.165) is 10.6 Å². The van der Waals surface area contributed by atoms with E-state index in [1.54, 1.807) is 0 Å². The first kappa shape index (κ1) is 23.8. The monoisotopic (exact) mass is 532 g/mol. The van der Waals surface area contributed by atoms with Crippen LogP contribution in [0.3, 0.4) is 0 Å². The number of hydrogen-bond donors (Lipinski definition) is 1. The van der Waals surface area contributed by atoms with Crippen LogP contribution in [0, 0.1) is 0 Å². The van der Waals surface area contributed by atoms with Gasteiger partial charge >= 0.3 is 6.18 Å². The first-order valence-electron chi connectivity index (χ1n) is 10.3. The van der Waals surface area contributed by atoms with Gasteiger partial charge in [0.15, 0.2) is 5.76 Å². The number of oxazole rings is 1. The lowest BCUT2D eigenvalue weighted by molar-refractivity contribution is -0.143. The molecule has 3 heterocycles. The van der Waals surface area contributed by atoms with Crippen molar-refractivity contribution in [3.05, 3.63) is 93.9 Å². The summed E-state index contributed by atoms with van der Waals surface area (Å²) in [6, 6.07) is 9.53. The zero-order valence-corrected chi connectivity index (χ0v) is 19.4. The predicted octanol–water partition coefficient (Wildman–Crippen LogP) is 6.40. The number of aromatic hydroxyl groups is 1. The number of alkyl halides is 3. The number of hydrogen-bond acceptors (Lipinski definition) is 6. The number of carbonyl (C=O) groups excluding carboxylic acids is 1. The van der Waals surface area contributed by atoms with Crippen LogP contribution in [0.5, 0.6) is 5.75 Å². The van der Waals surface area contributed by atoms with Crippen LogP contribution in [-0.4, -0.2) is 30.4 Å². The minimum Gasteiger partial charge on any atom is -0.508 e. The van der Waals surface area contributed by atoms with E-state index in [0.29, 0.717) is 16.3 Å². The SMILES string of the molecule is O=C(c1ncc(-c2ccncn2)o1)c1c(C(F)(F)F)n(Cc2ccc(Cl)cc2Cl)c2ccc(O)cc12. The summed E-state index contributed by atoms with van der Waals surface area (Å²) in [7, 11) is 0. The number of ketones is 1. The minimum atomic E-state index is -4.96. The molecule has 1 N–H and O–H groups in total. The Morgan fingerprint density at radius 3 is 2.58 bits per heavy atom. The van der Waals surface area contributed by atoms with Crippen LogP contribution in [0.2, 0.25) is 10.0 Å². The molecular formula is C24H13Cl2F3N4O3. The van der Waals surface area contributed by atoms with E-state index >= 15 is 0 Å². The molecule has 0 aliphatic heterocycles. The number of halogens is 5. The molecule has 0 radical (unpaired) electrons. The maximum Gasteiger partial charge on any atom is 0.432 e. The number of nitrogens with zero attached hydrogens (tertiary/aromatic N) is 4. The van der Waals surface area contributed by atoms with Crippen molar-refractivity contribution in [2.45, 2.75) is 12.7 Å². The van der Waals surface area contributed by atoms with E-state index in [4.69, 9.17) is 27.6 Å². The molecule has 0 atom stereocenters. The van der Waals surface area contributed by atoms with Crippen molar-refractivity contribution in [1.29, 1.82) is 0 Å². The van der Waals surface area contributed by atoms with Gasteiger partial charge in [-0.15, -0.1) is 0 Å². The van der Waals surface area contributed by atoms with Crippen LogP contribution in [-0.2, 0) is 12.7 Å². The van der Waals surface area contributed by atoms with Crippen molar-refractivity contribution in [3.8, 4) is 17.2 Å². The summed E-state index contributed by atoms with van der Waals surface area (Å²) in [6.07, 6.45) is -1.08. The van der Waals surface area contributed by atoms with Crippen molar-refractivity contribution < 1.29 is 27.5 Å². The van der Waals surface area contributed by atoms with Gasteiger partial charge in [0.2, 0.25) is 0 Å². The predicted molar refractivity (Wildman–Crippen MR) is 125 cm³/mol. The van der Waals surface area contributed by atoms with Crippen LogP contribution in [0.4, 0.5) is 13.2 Å². The Morgan fingerprint density at radius 1 is 1.08 bits per heavy atom. The summed E-state index contributed by atoms with van der Waals surface area (Å²) < 4.78 is 49.9. The number of aromatic nitrogens is 4. The molecule has 0 fully saturated rings. The summed E-state index contributed by atoms with van der Waals surface area (Å²) in [4.78, 5) is 25.1. The van der Waals surface area contributed by atoms with Crippen molar-refractivity contribution in [2.75, 3.05) is 0 Å². The molecule has 5 rings (SSSR count). The average molecular weight is 533 g/mol. The Bertz CT molecular complexity index is 1610. The molecule has 0 aliphatic rings. The van der Waals surface area contributed by atoms with E-state index in [1.165, 1.54) is 55.1 Å². The summed E-state index contributed by atoms with van der Waals surface area (Å²) >= 11 is 12.2. The first-order chi connectivity index (χ1) is 17.1. The molecule has 0 saturated heterocycles. The van der Waals surface area contributed by atoms with E-state index in [2.05, 4.69) is 15.0 Å². The maximum atomic E-state index is 14.5. The highest BCUT2D eigenvalue weighted by Gasteiger charge is 2.42. The van der Waals surface area contributed by atoms with Crippen LogP contribution >= 0.6 is 23.2 Å². The fourth-order valence-electron chi connectivity index (χ4n) is 3.89. The highest BCUT2D eigenvalue weighted by atomic mass is 35.5. The van der Waals surface area contributed by atoms with Gasteiger partial charge in [-0.05, 0) is 42.0 Å². The highest BCUT2D eigenvalue weighted by molar-refractivity contribution is 6.35. The molecule has 3 aromatic heterocycles. The van der Waals surface area contributed by atoms with Crippen molar-refractivity contribution in [3.63, 3.8) is 0 Å². The van der Waals surface area contributed by atoms with Crippen LogP contribution in [0.15, 0.2) is 65.6 Å². The minimum absolute atomic E-state index is 0.0528. The van der Waals surface area contributed by atoms with Gasteiger partial charge in [-0.25, -0.2) is 15.0 Å². The lowest BCUT2D eigenvalue weighted by Crippen LogP contribution is -2.19. The second-order valence-corrected chi connectivity index (χ2v) is 8.54. The summed E-state index contributed by atoms with van der Waals surface area (Å²) in [5.74, 6) is -1.92. The lowest BCUT2D eigenvalue weighted by atomic mass is 10.1. The van der Waals surface area contributed by atoms with E-state index in [9.17, 15) is 23.1 Å². The van der Waals surface area contributed by atoms with Gasteiger partial charge < -0.3 is 14.1 Å². The van der Waals surface area contributed by atoms with Crippen molar-refractivity contribution in [1.82, 2.24) is 19.5 Å². The molecule has 0 unspecified atom stereocenters. The molecule has 2 aromatic carbocycles. The molecule has 0 bridgehead atoms. The maximum absolute atomic E-state index is 14.5. The van der Waals surface area contributed by atoms with Crippen LogP contribution in [0.1, 0.15) is 27.5 Å². The number of benzene rings is 2. The Balaban J connectivity index is 1.71. The molecule has 0 spiro atoms. The van der Waals surface area contributed by atoms with Gasteiger partial charge in [0, 0.05) is 33.7 Å². The van der Waals surface area contributed by atoms with Gasteiger partial charge in [0.05, 0.1) is 11.8 Å². The van der Waals surface area contributed by atoms with E-state index < -0.39 is 29.1 Å². The molecule has 7 nitrogen and oxygen atoms in total. The second-order valence-electron chi connectivity index (χ2n) is 7.70. The van der Waals surface area contributed by atoms with Gasteiger partial charge in [-0.1, -0.05) is 29.3 Å². The Hall–Kier alpha value is -3.89. The molecular weight excluding hydrogens is 520 g/mol. The quantitative estimate of drug-likeness (QED) is 0.263. The lowest BCUT2D eigenvalue weighted by Gasteiger charge is -2.15. The fourth-order valence-corrected chi connectivity index (χ4v) is 4.36. The number of rotatable bonds is 5. The molecule has 182 valence electrons. The van der Waals surface area contributed by atoms with Crippen molar-refractivity contribution >= 4 is 39.9 Å².